The van der Waals surface area contributed by atoms with Crippen molar-refractivity contribution in [3.63, 3.8) is 0 Å². The molecular formula is C24H26F3N3O6. The van der Waals surface area contributed by atoms with Gasteiger partial charge in [-0.05, 0) is 20.3 Å². The highest BCUT2D eigenvalue weighted by atomic mass is 19.1. The van der Waals surface area contributed by atoms with Crippen LogP contribution in [0.1, 0.15) is 32.3 Å². The molecule has 5 atom stereocenters. The number of rotatable bonds is 3. The molecule has 4 aliphatic heterocycles. The molecule has 0 aromatic heterocycles. The zero-order chi connectivity index (χ0) is 25.9. The molecule has 3 fully saturated rings. The van der Waals surface area contributed by atoms with Crippen LogP contribution in [-0.2, 0) is 25.6 Å². The average Bonchev–Trinajstić information content (AvgIpc) is 3.14. The third-order valence-electron chi connectivity index (χ3n) is 7.21. The number of piperazine rings is 1. The lowest BCUT2D eigenvalue weighted by atomic mass is 9.94. The first kappa shape index (κ1) is 24.6. The number of amides is 2. The molecule has 9 nitrogen and oxygen atoms in total. The van der Waals surface area contributed by atoms with Gasteiger partial charge in [0.15, 0.2) is 11.5 Å². The van der Waals surface area contributed by atoms with Gasteiger partial charge in [0.2, 0.25) is 0 Å². The minimum Gasteiger partial charge on any atom is -0.507 e. The van der Waals surface area contributed by atoms with Gasteiger partial charge in [0.1, 0.15) is 35.3 Å². The quantitative estimate of drug-likeness (QED) is 0.567. The standard InChI is InChI=1S/C24H26F3N3O6/c1-11-3-4-24(35-10-12(2)36-24)18-9-29(11)23(34)19-21(32)20(31)15(8-30(18)19)22(33)28-7-14-16(26)5-13(25)6-17(14)27/h5-6,8,11-12,18,20,31-32H,3-4,7,9-10H2,1-2H3,(H,28,33)/t11-,12-,18+,20?,24+/m0/s1. The molecule has 0 saturated carbocycles. The van der Waals surface area contributed by atoms with Crippen molar-refractivity contribution in [3.05, 3.63) is 58.4 Å². The molecule has 1 aromatic carbocycles. The minimum atomic E-state index is -1.86. The Kier molecular flexibility index (Phi) is 6.00. The molecule has 1 spiro atoms. The normalized spacial score (nSPS) is 31.9. The maximum absolute atomic E-state index is 14.0. The monoisotopic (exact) mass is 509 g/mol. The maximum Gasteiger partial charge on any atom is 0.274 e. The summed E-state index contributed by atoms with van der Waals surface area (Å²) < 4.78 is 53.4. The minimum absolute atomic E-state index is 0.184. The van der Waals surface area contributed by atoms with Crippen LogP contribution in [0.2, 0.25) is 0 Å². The number of ether oxygens (including phenoxy) is 2. The summed E-state index contributed by atoms with van der Waals surface area (Å²) in [6.45, 7) is 3.61. The Bertz CT molecular complexity index is 1170. The first-order chi connectivity index (χ1) is 17.0. The zero-order valence-electron chi connectivity index (χ0n) is 19.6. The number of halogens is 3. The van der Waals surface area contributed by atoms with E-state index in [1.165, 1.54) is 11.1 Å². The molecule has 12 heteroatoms. The molecule has 0 aliphatic carbocycles. The molecule has 4 aliphatic rings. The Labute approximate surface area is 204 Å². The lowest BCUT2D eigenvalue weighted by Crippen LogP contribution is -2.63. The zero-order valence-corrected chi connectivity index (χ0v) is 19.6. The fourth-order valence-corrected chi connectivity index (χ4v) is 5.28. The highest BCUT2D eigenvalue weighted by molar-refractivity contribution is 5.99. The first-order valence-electron chi connectivity index (χ1n) is 11.7. The molecule has 194 valence electrons. The molecule has 4 heterocycles. The fourth-order valence-electron chi connectivity index (χ4n) is 5.28. The van der Waals surface area contributed by atoms with E-state index in [1.807, 2.05) is 13.8 Å². The third-order valence-corrected chi connectivity index (χ3v) is 7.21. The van der Waals surface area contributed by atoms with Crippen LogP contribution in [0.5, 0.6) is 0 Å². The van der Waals surface area contributed by atoms with E-state index in [0.717, 1.165) is 0 Å². The predicted molar refractivity (Wildman–Crippen MR) is 117 cm³/mol. The van der Waals surface area contributed by atoms with E-state index in [-0.39, 0.29) is 30.0 Å². The van der Waals surface area contributed by atoms with Gasteiger partial charge in [-0.3, -0.25) is 9.59 Å². The summed E-state index contributed by atoms with van der Waals surface area (Å²) in [5.74, 6) is -6.76. The number of hydrogen-bond acceptors (Lipinski definition) is 7. The van der Waals surface area contributed by atoms with E-state index in [9.17, 15) is 33.0 Å². The second-order valence-corrected chi connectivity index (χ2v) is 9.57. The number of carbonyl (C=O) groups is 2. The smallest absolute Gasteiger partial charge is 0.274 e. The fraction of sp³-hybridized carbons (Fsp3) is 0.500. The van der Waals surface area contributed by atoms with E-state index in [2.05, 4.69) is 5.32 Å². The molecule has 5 rings (SSSR count). The molecule has 3 N–H and O–H groups in total. The summed E-state index contributed by atoms with van der Waals surface area (Å²) in [6.07, 6.45) is 0.192. The number of fused-ring (bicyclic) bond motifs is 5. The van der Waals surface area contributed by atoms with Gasteiger partial charge in [-0.1, -0.05) is 0 Å². The molecule has 36 heavy (non-hydrogen) atoms. The van der Waals surface area contributed by atoms with Gasteiger partial charge < -0.3 is 34.8 Å². The number of aliphatic hydroxyl groups is 2. The molecule has 1 unspecified atom stereocenters. The van der Waals surface area contributed by atoms with E-state index in [1.54, 1.807) is 4.90 Å². The summed E-state index contributed by atoms with van der Waals surface area (Å²) in [7, 11) is 0. The van der Waals surface area contributed by atoms with Crippen molar-refractivity contribution in [2.75, 3.05) is 13.2 Å². The van der Waals surface area contributed by atoms with Crippen molar-refractivity contribution in [2.45, 2.75) is 63.3 Å². The topological polar surface area (TPSA) is 112 Å². The van der Waals surface area contributed by atoms with Crippen LogP contribution in [0.4, 0.5) is 13.2 Å². The van der Waals surface area contributed by atoms with Gasteiger partial charge >= 0.3 is 0 Å². The highest BCUT2D eigenvalue weighted by Crippen LogP contribution is 2.44. The van der Waals surface area contributed by atoms with Gasteiger partial charge in [-0.2, -0.15) is 0 Å². The maximum atomic E-state index is 14.0. The second kappa shape index (κ2) is 8.79. The summed E-state index contributed by atoms with van der Waals surface area (Å²) >= 11 is 0. The molecule has 1 aromatic rings. The lowest BCUT2D eigenvalue weighted by Gasteiger charge is -2.48. The largest absolute Gasteiger partial charge is 0.507 e. The Morgan fingerprint density at radius 3 is 2.58 bits per heavy atom. The predicted octanol–water partition coefficient (Wildman–Crippen LogP) is 1.57. The highest BCUT2D eigenvalue weighted by Gasteiger charge is 2.57. The molecule has 2 bridgehead atoms. The first-order valence-corrected chi connectivity index (χ1v) is 11.7. The summed E-state index contributed by atoms with van der Waals surface area (Å²) in [4.78, 5) is 29.2. The number of carbonyl (C=O) groups excluding carboxylic acids is 2. The van der Waals surface area contributed by atoms with Crippen LogP contribution in [0.15, 0.2) is 35.4 Å². The van der Waals surface area contributed by atoms with Gasteiger partial charge in [0, 0.05) is 49.4 Å². The Hall–Kier alpha value is -3.09. The van der Waals surface area contributed by atoms with E-state index < -0.39 is 65.1 Å². The van der Waals surface area contributed by atoms with Crippen LogP contribution in [0.25, 0.3) is 0 Å². The van der Waals surface area contributed by atoms with E-state index in [4.69, 9.17) is 9.47 Å². The Balaban J connectivity index is 1.48. The van der Waals surface area contributed by atoms with Crippen molar-refractivity contribution in [2.24, 2.45) is 0 Å². The van der Waals surface area contributed by atoms with Crippen molar-refractivity contribution in [1.82, 2.24) is 15.1 Å². The van der Waals surface area contributed by atoms with Crippen molar-refractivity contribution in [3.8, 4) is 0 Å². The number of benzene rings is 1. The molecule has 3 saturated heterocycles. The number of nitrogens with zero attached hydrogens (tertiary/aromatic N) is 2. The van der Waals surface area contributed by atoms with Crippen LogP contribution >= 0.6 is 0 Å². The Morgan fingerprint density at radius 2 is 1.94 bits per heavy atom. The molecule has 0 radical (unpaired) electrons. The van der Waals surface area contributed by atoms with Crippen molar-refractivity contribution < 1.29 is 42.4 Å². The van der Waals surface area contributed by atoms with E-state index >= 15 is 0 Å². The van der Waals surface area contributed by atoms with Crippen LogP contribution in [-0.4, -0.2) is 75.1 Å². The lowest BCUT2D eigenvalue weighted by molar-refractivity contribution is -0.208. The molecule has 2 amide bonds. The van der Waals surface area contributed by atoms with Gasteiger partial charge in [-0.15, -0.1) is 0 Å². The summed E-state index contributed by atoms with van der Waals surface area (Å²) in [5, 5.41) is 23.9. The van der Waals surface area contributed by atoms with E-state index in [0.29, 0.717) is 31.6 Å². The third kappa shape index (κ3) is 3.84. The van der Waals surface area contributed by atoms with Crippen molar-refractivity contribution >= 4 is 11.8 Å². The average molecular weight is 509 g/mol. The van der Waals surface area contributed by atoms with Crippen LogP contribution in [0.3, 0.4) is 0 Å². The van der Waals surface area contributed by atoms with Crippen LogP contribution in [0, 0.1) is 17.5 Å². The summed E-state index contributed by atoms with van der Waals surface area (Å²) in [6, 6.07) is 0.154. The van der Waals surface area contributed by atoms with Crippen LogP contribution < -0.4 is 5.32 Å². The SMILES string of the molecule is C[C@H]1CO[C@]2(CC[C@H](C)N3C[C@H]2N2C=C(C(=O)NCc4c(F)cc(F)cc4F)C(O)C(O)=C2C3=O)O1. The van der Waals surface area contributed by atoms with Crippen molar-refractivity contribution in [1.29, 1.82) is 0 Å². The van der Waals surface area contributed by atoms with Gasteiger partial charge in [0.25, 0.3) is 11.8 Å². The van der Waals surface area contributed by atoms with Gasteiger partial charge in [-0.25, -0.2) is 13.2 Å². The van der Waals surface area contributed by atoms with Gasteiger partial charge in [0.05, 0.1) is 18.3 Å². The summed E-state index contributed by atoms with van der Waals surface area (Å²) in [5.41, 5.74) is -1.11. The molecular weight excluding hydrogens is 483 g/mol. The number of hydrogen-bond donors (Lipinski definition) is 3. The number of aliphatic hydroxyl groups excluding tert-OH is 2. The Morgan fingerprint density at radius 1 is 1.25 bits per heavy atom. The number of nitrogens with one attached hydrogen (secondary N) is 1. The second-order valence-electron chi connectivity index (χ2n) is 9.57.